The van der Waals surface area contributed by atoms with Crippen molar-refractivity contribution < 1.29 is 13.9 Å². The highest BCUT2D eigenvalue weighted by molar-refractivity contribution is 6.00. The van der Waals surface area contributed by atoms with E-state index in [2.05, 4.69) is 31.0 Å². The van der Waals surface area contributed by atoms with Crippen LogP contribution in [0.3, 0.4) is 0 Å². The standard InChI is InChI=1S/C22H24N8O4/c1-12-24-11-19(34-12)29-8-4-5-15(22(29)32)26-17-9-18(23-2)30-20(28-17)13(10-25-30)21(31)27-14-6-7-16(14)33-3/h4-5,8-11,14,16,23H,6-7H2,1-3H3,(H,26,28)(H,27,31)/t14?,16-/m1/s1. The van der Waals surface area contributed by atoms with Crippen LogP contribution in [-0.2, 0) is 4.74 Å². The number of amides is 1. The fourth-order valence-corrected chi connectivity index (χ4v) is 3.89. The molecular weight excluding hydrogens is 440 g/mol. The number of hydrogen-bond acceptors (Lipinski definition) is 9. The first-order chi connectivity index (χ1) is 16.5. The molecule has 0 saturated heterocycles. The molecule has 1 amide bonds. The summed E-state index contributed by atoms with van der Waals surface area (Å²) in [6.07, 6.45) is 6.33. The predicted octanol–water partition coefficient (Wildman–Crippen LogP) is 1.87. The summed E-state index contributed by atoms with van der Waals surface area (Å²) in [5.74, 6) is 1.44. The van der Waals surface area contributed by atoms with E-state index in [1.807, 2.05) is 0 Å². The van der Waals surface area contributed by atoms with E-state index in [9.17, 15) is 9.59 Å². The van der Waals surface area contributed by atoms with Gasteiger partial charge in [-0.25, -0.2) is 9.97 Å². The van der Waals surface area contributed by atoms with Gasteiger partial charge in [0.2, 0.25) is 5.88 Å². The molecule has 1 aliphatic carbocycles. The third kappa shape index (κ3) is 3.77. The zero-order valence-electron chi connectivity index (χ0n) is 18.9. The summed E-state index contributed by atoms with van der Waals surface area (Å²) in [5.41, 5.74) is 0.610. The number of aryl methyl sites for hydroxylation is 1. The van der Waals surface area contributed by atoms with E-state index in [0.29, 0.717) is 34.6 Å². The molecule has 1 fully saturated rings. The highest BCUT2D eigenvalue weighted by Crippen LogP contribution is 2.25. The molecule has 12 nitrogen and oxygen atoms in total. The van der Waals surface area contributed by atoms with E-state index in [1.54, 1.807) is 45.5 Å². The van der Waals surface area contributed by atoms with Crippen molar-refractivity contribution in [3.8, 4) is 5.88 Å². The van der Waals surface area contributed by atoms with E-state index in [-0.39, 0.29) is 29.3 Å². The van der Waals surface area contributed by atoms with E-state index < -0.39 is 0 Å². The SMILES string of the molecule is CNc1cc(Nc2cccn(-c3cnc(C)o3)c2=O)nc2c(C(=O)NC3CC[C@H]3OC)cnn12. The first-order valence-corrected chi connectivity index (χ1v) is 10.8. The highest BCUT2D eigenvalue weighted by Gasteiger charge is 2.33. The van der Waals surface area contributed by atoms with E-state index >= 15 is 0 Å². The number of pyridine rings is 1. The Kier molecular flexibility index (Phi) is 5.49. The molecule has 2 atom stereocenters. The Morgan fingerprint density at radius 3 is 2.82 bits per heavy atom. The Hall–Kier alpha value is -4.19. The summed E-state index contributed by atoms with van der Waals surface area (Å²) >= 11 is 0. The van der Waals surface area contributed by atoms with Gasteiger partial charge in [0.05, 0.1) is 24.5 Å². The number of nitrogens with one attached hydrogen (secondary N) is 3. The maximum atomic E-state index is 13.0. The number of fused-ring (bicyclic) bond motifs is 1. The zero-order chi connectivity index (χ0) is 23.8. The van der Waals surface area contributed by atoms with Gasteiger partial charge in [0.25, 0.3) is 11.5 Å². The summed E-state index contributed by atoms with van der Waals surface area (Å²) < 4.78 is 13.7. The van der Waals surface area contributed by atoms with E-state index in [0.717, 1.165) is 12.8 Å². The van der Waals surface area contributed by atoms with Crippen molar-refractivity contribution in [2.24, 2.45) is 0 Å². The van der Waals surface area contributed by atoms with Gasteiger partial charge in [0.15, 0.2) is 11.5 Å². The van der Waals surface area contributed by atoms with Gasteiger partial charge in [0.1, 0.15) is 22.9 Å². The number of nitrogens with zero attached hydrogens (tertiary/aromatic N) is 5. The lowest BCUT2D eigenvalue weighted by atomic mass is 9.89. The second-order valence-corrected chi connectivity index (χ2v) is 7.94. The number of carbonyl (C=O) groups is 1. The van der Waals surface area contributed by atoms with Crippen LogP contribution in [0.25, 0.3) is 11.5 Å². The highest BCUT2D eigenvalue weighted by atomic mass is 16.5. The minimum absolute atomic E-state index is 0.0113. The van der Waals surface area contributed by atoms with Crippen molar-refractivity contribution in [1.82, 2.24) is 29.5 Å². The van der Waals surface area contributed by atoms with Gasteiger partial charge in [-0.1, -0.05) is 0 Å². The van der Waals surface area contributed by atoms with Gasteiger partial charge in [-0.15, -0.1) is 0 Å². The molecule has 0 aromatic carbocycles. The van der Waals surface area contributed by atoms with Crippen LogP contribution < -0.4 is 21.5 Å². The number of carbonyl (C=O) groups excluding carboxylic acids is 1. The lowest BCUT2D eigenvalue weighted by Gasteiger charge is -2.35. The van der Waals surface area contributed by atoms with Crippen molar-refractivity contribution in [3.63, 3.8) is 0 Å². The molecule has 1 aliphatic rings. The minimum Gasteiger partial charge on any atom is -0.425 e. The fourth-order valence-electron chi connectivity index (χ4n) is 3.89. The third-order valence-corrected chi connectivity index (χ3v) is 5.86. The molecule has 0 bridgehead atoms. The van der Waals surface area contributed by atoms with Crippen LogP contribution in [0.15, 0.2) is 46.0 Å². The molecular formula is C22H24N8O4. The summed E-state index contributed by atoms with van der Waals surface area (Å²) in [4.78, 5) is 34.6. The topological polar surface area (TPSA) is 141 Å². The molecule has 0 radical (unpaired) electrons. The maximum Gasteiger partial charge on any atom is 0.281 e. The van der Waals surface area contributed by atoms with Crippen LogP contribution in [0.2, 0.25) is 0 Å². The monoisotopic (exact) mass is 464 g/mol. The van der Waals surface area contributed by atoms with Crippen LogP contribution in [0.1, 0.15) is 29.1 Å². The zero-order valence-corrected chi connectivity index (χ0v) is 18.9. The molecule has 4 aromatic rings. The molecule has 4 aromatic heterocycles. The average Bonchev–Trinajstić information content (AvgIpc) is 3.44. The molecule has 34 heavy (non-hydrogen) atoms. The molecule has 12 heteroatoms. The quantitative estimate of drug-likeness (QED) is 0.374. The molecule has 176 valence electrons. The largest absolute Gasteiger partial charge is 0.425 e. The fraction of sp³-hybridized carbons (Fsp3) is 0.318. The number of aromatic nitrogens is 5. The van der Waals surface area contributed by atoms with E-state index in [1.165, 1.54) is 21.5 Å². The number of oxazole rings is 1. The Labute approximate surface area is 194 Å². The van der Waals surface area contributed by atoms with Crippen LogP contribution in [0.5, 0.6) is 0 Å². The van der Waals surface area contributed by atoms with Crippen molar-refractivity contribution in [1.29, 1.82) is 0 Å². The summed E-state index contributed by atoms with van der Waals surface area (Å²) in [5, 5.41) is 13.4. The molecule has 0 aliphatic heterocycles. The molecule has 5 rings (SSSR count). The second-order valence-electron chi connectivity index (χ2n) is 7.94. The van der Waals surface area contributed by atoms with Crippen molar-refractivity contribution in [2.75, 3.05) is 24.8 Å². The average molecular weight is 464 g/mol. The Bertz CT molecular complexity index is 1420. The Balaban J connectivity index is 1.48. The van der Waals surface area contributed by atoms with Gasteiger partial charge in [-0.05, 0) is 25.0 Å². The molecule has 4 heterocycles. The summed E-state index contributed by atoms with van der Waals surface area (Å²) in [6.45, 7) is 1.70. The maximum absolute atomic E-state index is 13.0. The third-order valence-electron chi connectivity index (χ3n) is 5.86. The number of anilines is 3. The van der Waals surface area contributed by atoms with Crippen LogP contribution >= 0.6 is 0 Å². The lowest BCUT2D eigenvalue weighted by Crippen LogP contribution is -2.51. The smallest absolute Gasteiger partial charge is 0.281 e. The number of methoxy groups -OCH3 is 1. The normalized spacial score (nSPS) is 17.4. The van der Waals surface area contributed by atoms with Gasteiger partial charge < -0.3 is 25.1 Å². The first kappa shape index (κ1) is 21.6. The molecule has 1 saturated carbocycles. The first-order valence-electron chi connectivity index (χ1n) is 10.8. The summed E-state index contributed by atoms with van der Waals surface area (Å²) in [7, 11) is 3.37. The molecule has 3 N–H and O–H groups in total. The van der Waals surface area contributed by atoms with E-state index in [4.69, 9.17) is 9.15 Å². The number of hydrogen-bond donors (Lipinski definition) is 3. The van der Waals surface area contributed by atoms with Crippen molar-refractivity contribution in [3.05, 3.63) is 58.6 Å². The Morgan fingerprint density at radius 1 is 1.29 bits per heavy atom. The van der Waals surface area contributed by atoms with Gasteiger partial charge >= 0.3 is 0 Å². The van der Waals surface area contributed by atoms with Crippen LogP contribution in [-0.4, -0.2) is 56.4 Å². The molecule has 0 spiro atoms. The van der Waals surface area contributed by atoms with Crippen LogP contribution in [0, 0.1) is 6.92 Å². The van der Waals surface area contributed by atoms with Crippen LogP contribution in [0.4, 0.5) is 17.3 Å². The van der Waals surface area contributed by atoms with Crippen molar-refractivity contribution in [2.45, 2.75) is 31.9 Å². The summed E-state index contributed by atoms with van der Waals surface area (Å²) in [6, 6.07) is 5.00. The second kappa shape index (κ2) is 8.63. The predicted molar refractivity (Wildman–Crippen MR) is 124 cm³/mol. The lowest BCUT2D eigenvalue weighted by molar-refractivity contribution is 0.00732. The minimum atomic E-state index is -0.339. The van der Waals surface area contributed by atoms with Gasteiger partial charge in [-0.3, -0.25) is 14.2 Å². The van der Waals surface area contributed by atoms with Crippen molar-refractivity contribution >= 4 is 28.9 Å². The molecule has 1 unspecified atom stereocenters. The van der Waals surface area contributed by atoms with Gasteiger partial charge in [-0.2, -0.15) is 9.61 Å². The van der Waals surface area contributed by atoms with Gasteiger partial charge in [0, 0.05) is 33.3 Å². The Morgan fingerprint density at radius 2 is 2.15 bits per heavy atom. The number of rotatable bonds is 7. The number of ether oxygens (including phenoxy) is 1.